The molecule has 114 valence electrons. The number of carbonyl (C=O) groups is 1. The van der Waals surface area contributed by atoms with E-state index in [-0.39, 0.29) is 5.91 Å². The summed E-state index contributed by atoms with van der Waals surface area (Å²) >= 11 is 4.29. The van der Waals surface area contributed by atoms with Gasteiger partial charge in [0.2, 0.25) is 5.91 Å². The van der Waals surface area contributed by atoms with E-state index in [2.05, 4.69) is 12.6 Å². The van der Waals surface area contributed by atoms with Crippen LogP contribution in [0.4, 0.5) is 0 Å². The number of hydrogen-bond acceptors (Lipinski definition) is 3. The first-order valence-corrected chi connectivity index (χ1v) is 8.08. The van der Waals surface area contributed by atoms with Crippen molar-refractivity contribution in [2.45, 2.75) is 13.0 Å². The maximum Gasteiger partial charge on any atom is 0.223 e. The van der Waals surface area contributed by atoms with Crippen LogP contribution in [0, 0.1) is 5.92 Å². The summed E-state index contributed by atoms with van der Waals surface area (Å²) in [5.41, 5.74) is 1.12. The molecule has 0 bridgehead atoms. The van der Waals surface area contributed by atoms with Crippen molar-refractivity contribution in [1.82, 2.24) is 4.90 Å². The van der Waals surface area contributed by atoms with Gasteiger partial charge >= 0.3 is 0 Å². The van der Waals surface area contributed by atoms with Crippen molar-refractivity contribution in [2.24, 2.45) is 5.92 Å². The molecule has 1 amide bonds. The molecule has 2 aromatic carbocycles. The van der Waals surface area contributed by atoms with E-state index in [0.717, 1.165) is 29.4 Å². The van der Waals surface area contributed by atoms with E-state index in [4.69, 9.17) is 4.74 Å². The zero-order valence-corrected chi connectivity index (χ0v) is 13.2. The van der Waals surface area contributed by atoms with Crippen molar-refractivity contribution in [3.05, 3.63) is 60.2 Å². The summed E-state index contributed by atoms with van der Waals surface area (Å²) in [6, 6.07) is 17.6. The van der Waals surface area contributed by atoms with Gasteiger partial charge in [0.25, 0.3) is 0 Å². The first-order chi connectivity index (χ1) is 10.7. The number of rotatable bonds is 5. The molecule has 0 radical (unpaired) electrons. The van der Waals surface area contributed by atoms with Gasteiger partial charge in [-0.25, -0.2) is 0 Å². The summed E-state index contributed by atoms with van der Waals surface area (Å²) in [6.45, 7) is 1.47. The number of likely N-dealkylation sites (tertiary alicyclic amines) is 1. The van der Waals surface area contributed by atoms with Crippen molar-refractivity contribution in [2.75, 3.05) is 12.3 Å². The molecular weight excluding hydrogens is 294 g/mol. The van der Waals surface area contributed by atoms with E-state index in [1.54, 1.807) is 0 Å². The second kappa shape index (κ2) is 6.88. The number of carbonyl (C=O) groups excluding carboxylic acids is 1. The molecule has 0 saturated carbocycles. The SMILES string of the molecule is O=C1CC(CS)CN1Cc1ccc(Oc2ccccc2)cc1. The van der Waals surface area contributed by atoms with Crippen LogP contribution in [0.2, 0.25) is 0 Å². The Labute approximate surface area is 136 Å². The van der Waals surface area contributed by atoms with Gasteiger partial charge in [-0.2, -0.15) is 12.6 Å². The van der Waals surface area contributed by atoms with Gasteiger partial charge < -0.3 is 9.64 Å². The standard InChI is InChI=1S/C18H19NO2S/c20-18-10-15(13-22)12-19(18)11-14-6-8-17(9-7-14)21-16-4-2-1-3-5-16/h1-9,15,22H,10-13H2. The molecule has 0 aliphatic carbocycles. The minimum absolute atomic E-state index is 0.226. The highest BCUT2D eigenvalue weighted by atomic mass is 32.1. The van der Waals surface area contributed by atoms with E-state index in [1.807, 2.05) is 59.5 Å². The number of nitrogens with zero attached hydrogens (tertiary/aromatic N) is 1. The number of benzene rings is 2. The number of hydrogen-bond donors (Lipinski definition) is 1. The molecule has 3 rings (SSSR count). The average molecular weight is 313 g/mol. The van der Waals surface area contributed by atoms with Crippen molar-refractivity contribution in [3.63, 3.8) is 0 Å². The van der Waals surface area contributed by atoms with Crippen LogP contribution in [0.25, 0.3) is 0 Å². The molecule has 3 nitrogen and oxygen atoms in total. The highest BCUT2D eigenvalue weighted by Gasteiger charge is 2.28. The Bertz CT molecular complexity index is 627. The van der Waals surface area contributed by atoms with Crippen LogP contribution in [0.5, 0.6) is 11.5 Å². The molecule has 4 heteroatoms. The Balaban J connectivity index is 1.61. The van der Waals surface area contributed by atoms with Crippen LogP contribution in [0.3, 0.4) is 0 Å². The van der Waals surface area contributed by atoms with Gasteiger partial charge in [0.05, 0.1) is 0 Å². The van der Waals surface area contributed by atoms with Crippen LogP contribution < -0.4 is 4.74 Å². The summed E-state index contributed by atoms with van der Waals surface area (Å²) in [7, 11) is 0. The molecule has 1 aliphatic heterocycles. The van der Waals surface area contributed by atoms with Gasteiger partial charge in [0.1, 0.15) is 11.5 Å². The van der Waals surface area contributed by atoms with Gasteiger partial charge in [0.15, 0.2) is 0 Å². The van der Waals surface area contributed by atoms with Crippen LogP contribution in [0.1, 0.15) is 12.0 Å². The van der Waals surface area contributed by atoms with Crippen molar-refractivity contribution in [3.8, 4) is 11.5 Å². The maximum absolute atomic E-state index is 11.9. The zero-order valence-electron chi connectivity index (χ0n) is 12.3. The predicted molar refractivity (Wildman–Crippen MR) is 90.3 cm³/mol. The van der Waals surface area contributed by atoms with E-state index in [0.29, 0.717) is 18.9 Å². The third-order valence-corrected chi connectivity index (χ3v) is 4.34. The fourth-order valence-corrected chi connectivity index (χ4v) is 2.88. The Morgan fingerprint density at radius 2 is 1.73 bits per heavy atom. The number of amides is 1. The number of ether oxygens (including phenoxy) is 1. The third kappa shape index (κ3) is 3.63. The average Bonchev–Trinajstić information content (AvgIpc) is 2.90. The minimum Gasteiger partial charge on any atom is -0.457 e. The number of thiol groups is 1. The first-order valence-electron chi connectivity index (χ1n) is 7.45. The highest BCUT2D eigenvalue weighted by Crippen LogP contribution is 2.24. The molecule has 22 heavy (non-hydrogen) atoms. The molecule has 1 saturated heterocycles. The lowest BCUT2D eigenvalue weighted by molar-refractivity contribution is -0.128. The third-order valence-electron chi connectivity index (χ3n) is 3.83. The molecule has 2 aromatic rings. The summed E-state index contributed by atoms with van der Waals surface area (Å²) in [4.78, 5) is 13.8. The molecule has 1 fully saturated rings. The Hall–Kier alpha value is -1.94. The van der Waals surface area contributed by atoms with E-state index < -0.39 is 0 Å². The Morgan fingerprint density at radius 1 is 1.05 bits per heavy atom. The van der Waals surface area contributed by atoms with E-state index >= 15 is 0 Å². The van der Waals surface area contributed by atoms with Crippen LogP contribution in [-0.2, 0) is 11.3 Å². The molecular formula is C18H19NO2S. The first kappa shape index (κ1) is 15.0. The molecule has 1 aliphatic rings. The van der Waals surface area contributed by atoms with Crippen molar-refractivity contribution >= 4 is 18.5 Å². The fraction of sp³-hybridized carbons (Fsp3) is 0.278. The lowest BCUT2D eigenvalue weighted by Crippen LogP contribution is -2.24. The molecule has 1 heterocycles. The number of para-hydroxylation sites is 1. The Morgan fingerprint density at radius 3 is 2.36 bits per heavy atom. The zero-order chi connectivity index (χ0) is 15.4. The largest absolute Gasteiger partial charge is 0.457 e. The summed E-state index contributed by atoms with van der Waals surface area (Å²) in [5.74, 6) is 3.00. The molecule has 1 atom stereocenters. The smallest absolute Gasteiger partial charge is 0.223 e. The van der Waals surface area contributed by atoms with Crippen LogP contribution in [0.15, 0.2) is 54.6 Å². The molecule has 0 N–H and O–H groups in total. The second-order valence-electron chi connectivity index (χ2n) is 5.59. The summed E-state index contributed by atoms with van der Waals surface area (Å²) in [6.07, 6.45) is 0.624. The lowest BCUT2D eigenvalue weighted by Gasteiger charge is -2.16. The Kier molecular flexibility index (Phi) is 4.68. The van der Waals surface area contributed by atoms with E-state index in [9.17, 15) is 4.79 Å². The van der Waals surface area contributed by atoms with Gasteiger partial charge in [-0.15, -0.1) is 0 Å². The maximum atomic E-state index is 11.9. The van der Waals surface area contributed by atoms with Crippen molar-refractivity contribution < 1.29 is 9.53 Å². The topological polar surface area (TPSA) is 29.5 Å². The van der Waals surface area contributed by atoms with Crippen LogP contribution >= 0.6 is 12.6 Å². The normalized spacial score (nSPS) is 17.8. The second-order valence-corrected chi connectivity index (χ2v) is 5.95. The fourth-order valence-electron chi connectivity index (χ4n) is 2.64. The minimum atomic E-state index is 0.226. The van der Waals surface area contributed by atoms with Gasteiger partial charge in [0, 0.05) is 19.5 Å². The molecule has 1 unspecified atom stereocenters. The monoisotopic (exact) mass is 313 g/mol. The summed E-state index contributed by atoms with van der Waals surface area (Å²) < 4.78 is 5.77. The highest BCUT2D eigenvalue weighted by molar-refractivity contribution is 7.80. The quantitative estimate of drug-likeness (QED) is 0.852. The van der Waals surface area contributed by atoms with E-state index in [1.165, 1.54) is 0 Å². The van der Waals surface area contributed by atoms with Crippen LogP contribution in [-0.4, -0.2) is 23.1 Å². The van der Waals surface area contributed by atoms with Crippen molar-refractivity contribution in [1.29, 1.82) is 0 Å². The molecule has 0 spiro atoms. The van der Waals surface area contributed by atoms with Gasteiger partial charge in [-0.1, -0.05) is 30.3 Å². The van der Waals surface area contributed by atoms with Gasteiger partial charge in [-0.3, -0.25) is 4.79 Å². The lowest BCUT2D eigenvalue weighted by atomic mass is 10.1. The molecule has 0 aromatic heterocycles. The van der Waals surface area contributed by atoms with Gasteiger partial charge in [-0.05, 0) is 41.5 Å². The summed E-state index contributed by atoms with van der Waals surface area (Å²) in [5, 5.41) is 0. The predicted octanol–water partition coefficient (Wildman–Crippen LogP) is 3.76.